The molecule has 0 radical (unpaired) electrons. The largest absolute Gasteiger partial charge is 0.291 e. The van der Waals surface area contributed by atoms with Gasteiger partial charge >= 0.3 is 0 Å². The minimum Gasteiger partial charge on any atom is -0.281 e. The molecule has 3 rings (SSSR count). The number of nitrogens with zero attached hydrogens (tertiary/aromatic N) is 2. The van der Waals surface area contributed by atoms with Crippen LogP contribution in [-0.2, 0) is 0 Å². The third-order valence-electron chi connectivity index (χ3n) is 3.36. The summed E-state index contributed by atoms with van der Waals surface area (Å²) < 4.78 is 0. The van der Waals surface area contributed by atoms with Gasteiger partial charge in [0.2, 0.25) is 0 Å². The predicted octanol–water partition coefficient (Wildman–Crippen LogP) is 2.44. The molecule has 1 amide bonds. The molecule has 2 N–H and O–H groups in total. The Morgan fingerprint density at radius 2 is 2.10 bits per heavy atom. The molecule has 1 aromatic carbocycles. The quantitative estimate of drug-likeness (QED) is 0.660. The summed E-state index contributed by atoms with van der Waals surface area (Å²) in [4.78, 5) is 11.9. The van der Waals surface area contributed by atoms with Crippen LogP contribution in [0.1, 0.15) is 47.4 Å². The van der Waals surface area contributed by atoms with Gasteiger partial charge in [-0.2, -0.15) is 10.2 Å². The average molecular weight is 268 g/mol. The molecule has 1 aliphatic carbocycles. The lowest BCUT2D eigenvalue weighted by Gasteiger charge is -2.00. The molecule has 0 bridgehead atoms. The first-order chi connectivity index (χ1) is 9.74. The molecule has 1 aromatic heterocycles. The summed E-state index contributed by atoms with van der Waals surface area (Å²) >= 11 is 0. The summed E-state index contributed by atoms with van der Waals surface area (Å²) in [7, 11) is 0. The number of hydrogen-bond donors (Lipinski definition) is 2. The van der Waals surface area contributed by atoms with E-state index in [1.165, 1.54) is 12.8 Å². The molecule has 5 heteroatoms. The maximum Gasteiger partial charge on any atom is 0.291 e. The number of H-pyrrole nitrogens is 1. The van der Waals surface area contributed by atoms with E-state index in [0.717, 1.165) is 17.0 Å². The van der Waals surface area contributed by atoms with Crippen LogP contribution in [0.3, 0.4) is 0 Å². The molecule has 1 heterocycles. The van der Waals surface area contributed by atoms with Crippen molar-refractivity contribution in [3.8, 4) is 0 Å². The van der Waals surface area contributed by atoms with E-state index in [1.54, 1.807) is 6.07 Å². The third kappa shape index (κ3) is 2.77. The summed E-state index contributed by atoms with van der Waals surface area (Å²) in [6.45, 7) is 1.86. The van der Waals surface area contributed by atoms with E-state index in [9.17, 15) is 4.79 Å². The number of aromatic amines is 1. The number of rotatable bonds is 4. The second-order valence-electron chi connectivity index (χ2n) is 4.99. The van der Waals surface area contributed by atoms with Crippen molar-refractivity contribution in [2.24, 2.45) is 5.10 Å². The standard InChI is InChI=1S/C15H16N4O/c1-10(11-5-3-2-4-6-11)16-19-15(20)14-9-13(17-18-14)12-7-8-12/h2-6,9,12H,7-8H2,1H3,(H,17,18)(H,19,20)/b16-10-. The third-order valence-corrected chi connectivity index (χ3v) is 3.36. The van der Waals surface area contributed by atoms with Gasteiger partial charge in [-0.05, 0) is 31.4 Å². The zero-order valence-electron chi connectivity index (χ0n) is 11.3. The Hall–Kier alpha value is -2.43. The highest BCUT2D eigenvalue weighted by atomic mass is 16.2. The zero-order valence-corrected chi connectivity index (χ0v) is 11.3. The van der Waals surface area contributed by atoms with Crippen molar-refractivity contribution in [3.63, 3.8) is 0 Å². The van der Waals surface area contributed by atoms with Crippen molar-refractivity contribution >= 4 is 11.6 Å². The second kappa shape index (κ2) is 5.28. The fraction of sp³-hybridized carbons (Fsp3) is 0.267. The number of hydrazone groups is 1. The molecule has 20 heavy (non-hydrogen) atoms. The van der Waals surface area contributed by atoms with E-state index in [0.29, 0.717) is 11.6 Å². The minimum atomic E-state index is -0.288. The Morgan fingerprint density at radius 1 is 1.35 bits per heavy atom. The van der Waals surface area contributed by atoms with Crippen molar-refractivity contribution in [1.82, 2.24) is 15.6 Å². The molecular weight excluding hydrogens is 252 g/mol. The molecule has 0 unspecified atom stereocenters. The molecule has 5 nitrogen and oxygen atoms in total. The zero-order chi connectivity index (χ0) is 13.9. The van der Waals surface area contributed by atoms with Crippen LogP contribution in [0.4, 0.5) is 0 Å². The number of carbonyl (C=O) groups excluding carboxylic acids is 1. The minimum absolute atomic E-state index is 0.288. The first-order valence-corrected chi connectivity index (χ1v) is 6.69. The molecule has 1 fully saturated rings. The first-order valence-electron chi connectivity index (χ1n) is 6.69. The number of aromatic nitrogens is 2. The molecule has 2 aromatic rings. The lowest BCUT2D eigenvalue weighted by atomic mass is 10.1. The van der Waals surface area contributed by atoms with Crippen molar-refractivity contribution in [2.75, 3.05) is 0 Å². The summed E-state index contributed by atoms with van der Waals surface area (Å²) in [6, 6.07) is 11.5. The van der Waals surface area contributed by atoms with Crippen molar-refractivity contribution in [2.45, 2.75) is 25.7 Å². The van der Waals surface area contributed by atoms with Crippen LogP contribution in [0, 0.1) is 0 Å². The molecule has 0 spiro atoms. The van der Waals surface area contributed by atoms with Gasteiger partial charge < -0.3 is 0 Å². The highest BCUT2D eigenvalue weighted by Gasteiger charge is 2.26. The number of benzene rings is 1. The van der Waals surface area contributed by atoms with Gasteiger partial charge in [-0.25, -0.2) is 5.43 Å². The van der Waals surface area contributed by atoms with Crippen LogP contribution >= 0.6 is 0 Å². The average Bonchev–Trinajstić information content (AvgIpc) is 3.22. The van der Waals surface area contributed by atoms with Crippen molar-refractivity contribution in [1.29, 1.82) is 0 Å². The van der Waals surface area contributed by atoms with E-state index in [4.69, 9.17) is 0 Å². The predicted molar refractivity (Wildman–Crippen MR) is 76.7 cm³/mol. The van der Waals surface area contributed by atoms with Gasteiger partial charge in [0.1, 0.15) is 0 Å². The fourth-order valence-electron chi connectivity index (χ4n) is 1.99. The summed E-state index contributed by atoms with van der Waals surface area (Å²) in [6.07, 6.45) is 2.35. The maximum atomic E-state index is 11.9. The number of carbonyl (C=O) groups is 1. The molecular formula is C15H16N4O. The lowest BCUT2D eigenvalue weighted by molar-refractivity contribution is 0.0950. The van der Waals surface area contributed by atoms with Gasteiger partial charge in [-0.1, -0.05) is 30.3 Å². The molecule has 0 saturated heterocycles. The summed E-state index contributed by atoms with van der Waals surface area (Å²) in [5.74, 6) is 0.266. The van der Waals surface area contributed by atoms with Gasteiger partial charge in [0.15, 0.2) is 5.69 Å². The Labute approximate surface area is 117 Å². The van der Waals surface area contributed by atoms with Gasteiger partial charge in [0.05, 0.1) is 5.71 Å². The number of amides is 1. The van der Waals surface area contributed by atoms with Gasteiger partial charge in [-0.15, -0.1) is 0 Å². The highest BCUT2D eigenvalue weighted by molar-refractivity contribution is 6.00. The summed E-state index contributed by atoms with van der Waals surface area (Å²) in [5, 5.41) is 11.0. The Morgan fingerprint density at radius 3 is 2.80 bits per heavy atom. The van der Waals surface area contributed by atoms with Crippen LogP contribution in [-0.4, -0.2) is 21.8 Å². The van der Waals surface area contributed by atoms with E-state index < -0.39 is 0 Å². The lowest BCUT2D eigenvalue weighted by Crippen LogP contribution is -2.19. The van der Waals surface area contributed by atoms with E-state index in [2.05, 4.69) is 20.7 Å². The Bertz CT molecular complexity index is 641. The van der Waals surface area contributed by atoms with Crippen LogP contribution < -0.4 is 5.43 Å². The normalized spacial score (nSPS) is 15.2. The van der Waals surface area contributed by atoms with E-state index in [1.807, 2.05) is 37.3 Å². The van der Waals surface area contributed by atoms with Crippen molar-refractivity contribution < 1.29 is 4.79 Å². The maximum absolute atomic E-state index is 11.9. The highest BCUT2D eigenvalue weighted by Crippen LogP contribution is 2.38. The van der Waals surface area contributed by atoms with Gasteiger partial charge in [-0.3, -0.25) is 9.89 Å². The Kier molecular flexibility index (Phi) is 3.33. The van der Waals surface area contributed by atoms with Gasteiger partial charge in [0.25, 0.3) is 5.91 Å². The second-order valence-corrected chi connectivity index (χ2v) is 4.99. The first kappa shape index (κ1) is 12.6. The molecule has 102 valence electrons. The van der Waals surface area contributed by atoms with Crippen LogP contribution in [0.5, 0.6) is 0 Å². The topological polar surface area (TPSA) is 70.1 Å². The van der Waals surface area contributed by atoms with E-state index >= 15 is 0 Å². The number of nitrogens with one attached hydrogen (secondary N) is 2. The fourth-order valence-corrected chi connectivity index (χ4v) is 1.99. The molecule has 0 atom stereocenters. The molecule has 1 saturated carbocycles. The van der Waals surface area contributed by atoms with Crippen molar-refractivity contribution in [3.05, 3.63) is 53.3 Å². The summed E-state index contributed by atoms with van der Waals surface area (Å²) in [5.41, 5.74) is 5.70. The SMILES string of the molecule is C/C(=N/NC(=O)c1cc(C2CC2)[nH]n1)c1ccccc1. The monoisotopic (exact) mass is 268 g/mol. The van der Waals surface area contributed by atoms with Gasteiger partial charge in [0, 0.05) is 11.6 Å². The van der Waals surface area contributed by atoms with Crippen LogP contribution in [0.25, 0.3) is 0 Å². The Balaban J connectivity index is 1.66. The number of hydrogen-bond acceptors (Lipinski definition) is 3. The van der Waals surface area contributed by atoms with Crippen LogP contribution in [0.15, 0.2) is 41.5 Å². The van der Waals surface area contributed by atoms with Crippen LogP contribution in [0.2, 0.25) is 0 Å². The smallest absolute Gasteiger partial charge is 0.281 e. The van der Waals surface area contributed by atoms with E-state index in [-0.39, 0.29) is 5.91 Å². The molecule has 1 aliphatic rings. The molecule has 0 aliphatic heterocycles.